The van der Waals surface area contributed by atoms with Crippen LogP contribution >= 0.6 is 34.5 Å². The van der Waals surface area contributed by atoms with Crippen LogP contribution in [0.3, 0.4) is 0 Å². The number of hydrazone groups is 1. The minimum Gasteiger partial charge on any atom is -0.330 e. The minimum absolute atomic E-state index is 0.277. The monoisotopic (exact) mass is 391 g/mol. The van der Waals surface area contributed by atoms with E-state index in [-0.39, 0.29) is 11.1 Å². The molecule has 0 aliphatic carbocycles. The van der Waals surface area contributed by atoms with Crippen molar-refractivity contribution < 1.29 is 4.79 Å². The number of carbonyl (C=O) groups excluding carboxylic acids is 1. The van der Waals surface area contributed by atoms with Crippen LogP contribution in [-0.2, 0) is 0 Å². The third-order valence-electron chi connectivity index (χ3n) is 3.00. The van der Waals surface area contributed by atoms with Gasteiger partial charge in [0.1, 0.15) is 0 Å². The van der Waals surface area contributed by atoms with Crippen molar-refractivity contribution in [2.24, 2.45) is 5.10 Å². The van der Waals surface area contributed by atoms with Crippen molar-refractivity contribution in [1.29, 1.82) is 0 Å². The second-order valence-corrected chi connectivity index (χ2v) is 6.52. The first-order valence-corrected chi connectivity index (χ1v) is 8.62. The topological polar surface area (TPSA) is 79.3 Å². The van der Waals surface area contributed by atoms with E-state index >= 15 is 0 Å². The normalized spacial score (nSPS) is 10.8. The number of nitrogens with zero attached hydrogens (tertiary/aromatic N) is 3. The van der Waals surface area contributed by atoms with Gasteiger partial charge in [-0.3, -0.25) is 9.78 Å². The fraction of sp³-hybridized carbons (Fsp3) is 0. The molecule has 3 rings (SSSR count). The van der Waals surface area contributed by atoms with Gasteiger partial charge in [0.15, 0.2) is 10.3 Å². The zero-order valence-corrected chi connectivity index (χ0v) is 14.9. The highest BCUT2D eigenvalue weighted by molar-refractivity contribution is 7.17. The van der Waals surface area contributed by atoms with Crippen LogP contribution in [0.1, 0.15) is 15.2 Å². The second-order valence-electron chi connectivity index (χ2n) is 4.72. The van der Waals surface area contributed by atoms with E-state index in [1.54, 1.807) is 24.4 Å². The summed E-state index contributed by atoms with van der Waals surface area (Å²) in [5.74, 6) is -0.362. The SMILES string of the molecule is O=C(N/N=C/c1sc(Nc2ccccc2Cl)nc1Cl)c1cccnc1. The molecule has 2 N–H and O–H groups in total. The maximum absolute atomic E-state index is 11.9. The number of amides is 1. The van der Waals surface area contributed by atoms with E-state index in [9.17, 15) is 4.79 Å². The summed E-state index contributed by atoms with van der Waals surface area (Å²) in [6, 6.07) is 10.6. The first-order chi connectivity index (χ1) is 12.1. The first kappa shape index (κ1) is 17.3. The summed E-state index contributed by atoms with van der Waals surface area (Å²) in [5, 5.41) is 8.41. The van der Waals surface area contributed by atoms with E-state index in [0.29, 0.717) is 20.6 Å². The van der Waals surface area contributed by atoms with E-state index in [2.05, 4.69) is 25.8 Å². The largest absolute Gasteiger partial charge is 0.330 e. The average molecular weight is 392 g/mol. The molecule has 0 atom stereocenters. The molecule has 0 aliphatic rings. The second kappa shape index (κ2) is 8.06. The molecule has 0 aliphatic heterocycles. The molecule has 1 aromatic carbocycles. The van der Waals surface area contributed by atoms with Crippen LogP contribution in [0.4, 0.5) is 10.8 Å². The molecular weight excluding hydrogens is 381 g/mol. The molecule has 6 nitrogen and oxygen atoms in total. The van der Waals surface area contributed by atoms with Crippen molar-refractivity contribution in [1.82, 2.24) is 15.4 Å². The lowest BCUT2D eigenvalue weighted by Gasteiger charge is -2.03. The molecule has 25 heavy (non-hydrogen) atoms. The Balaban J connectivity index is 1.66. The standard InChI is InChI=1S/C16H11Cl2N5OS/c17-11-5-1-2-6-12(11)21-16-22-14(18)13(25-16)9-20-23-15(24)10-4-3-7-19-8-10/h1-9H,(H,21,22)(H,23,24)/b20-9+. The van der Waals surface area contributed by atoms with Crippen molar-refractivity contribution in [2.75, 3.05) is 5.32 Å². The summed E-state index contributed by atoms with van der Waals surface area (Å²) in [5.41, 5.74) is 3.55. The van der Waals surface area contributed by atoms with Crippen LogP contribution in [0.2, 0.25) is 10.2 Å². The molecule has 9 heteroatoms. The van der Waals surface area contributed by atoms with Crippen LogP contribution in [0, 0.1) is 0 Å². The number of rotatable bonds is 5. The first-order valence-electron chi connectivity index (χ1n) is 7.05. The zero-order chi connectivity index (χ0) is 17.6. The zero-order valence-electron chi connectivity index (χ0n) is 12.6. The van der Waals surface area contributed by atoms with Gasteiger partial charge in [-0.2, -0.15) is 5.10 Å². The highest BCUT2D eigenvalue weighted by Gasteiger charge is 2.09. The Labute approximate surface area is 157 Å². The quantitative estimate of drug-likeness (QED) is 0.500. The number of para-hydroxylation sites is 1. The van der Waals surface area contributed by atoms with E-state index in [1.807, 2.05) is 18.2 Å². The summed E-state index contributed by atoms with van der Waals surface area (Å²) in [4.78, 5) is 20.5. The lowest BCUT2D eigenvalue weighted by molar-refractivity contribution is 0.0955. The number of hydrogen-bond acceptors (Lipinski definition) is 6. The van der Waals surface area contributed by atoms with Crippen molar-refractivity contribution in [2.45, 2.75) is 0 Å². The van der Waals surface area contributed by atoms with Crippen molar-refractivity contribution in [3.63, 3.8) is 0 Å². The number of anilines is 2. The molecule has 0 bridgehead atoms. The Kier molecular flexibility index (Phi) is 5.60. The molecule has 0 saturated carbocycles. The summed E-state index contributed by atoms with van der Waals surface area (Å²) >= 11 is 13.5. The Hall–Kier alpha value is -2.48. The van der Waals surface area contributed by atoms with Crippen molar-refractivity contribution in [3.05, 3.63) is 69.4 Å². The predicted molar refractivity (Wildman–Crippen MR) is 101 cm³/mol. The number of thiazole rings is 1. The van der Waals surface area contributed by atoms with Gasteiger partial charge < -0.3 is 5.32 Å². The van der Waals surface area contributed by atoms with E-state index < -0.39 is 0 Å². The third kappa shape index (κ3) is 4.54. The minimum atomic E-state index is -0.362. The molecule has 0 saturated heterocycles. The van der Waals surface area contributed by atoms with Gasteiger partial charge in [-0.15, -0.1) is 0 Å². The van der Waals surface area contributed by atoms with Gasteiger partial charge in [-0.25, -0.2) is 10.4 Å². The smallest absolute Gasteiger partial charge is 0.272 e. The molecule has 0 fully saturated rings. The molecule has 0 spiro atoms. The maximum Gasteiger partial charge on any atom is 0.272 e. The molecule has 1 amide bonds. The molecule has 2 aromatic heterocycles. The Morgan fingerprint density at radius 2 is 2.04 bits per heavy atom. The maximum atomic E-state index is 11.9. The van der Waals surface area contributed by atoms with Gasteiger partial charge in [-0.1, -0.05) is 46.7 Å². The average Bonchev–Trinajstić information content (AvgIpc) is 2.97. The van der Waals surface area contributed by atoms with Gasteiger partial charge in [0.25, 0.3) is 5.91 Å². The van der Waals surface area contributed by atoms with Crippen LogP contribution < -0.4 is 10.7 Å². The lowest BCUT2D eigenvalue weighted by Crippen LogP contribution is -2.17. The molecule has 0 unspecified atom stereocenters. The fourth-order valence-corrected chi connectivity index (χ4v) is 3.06. The summed E-state index contributed by atoms with van der Waals surface area (Å²) in [6.45, 7) is 0. The molecule has 0 radical (unpaired) electrons. The van der Waals surface area contributed by atoms with Gasteiger partial charge in [0.2, 0.25) is 0 Å². The summed E-state index contributed by atoms with van der Waals surface area (Å²) < 4.78 is 0. The number of aromatic nitrogens is 2. The molecule has 126 valence electrons. The number of hydrogen-bond donors (Lipinski definition) is 2. The summed E-state index contributed by atoms with van der Waals surface area (Å²) in [7, 11) is 0. The highest BCUT2D eigenvalue weighted by Crippen LogP contribution is 2.30. The number of pyridine rings is 1. The van der Waals surface area contributed by atoms with Gasteiger partial charge in [0, 0.05) is 12.4 Å². The lowest BCUT2D eigenvalue weighted by atomic mass is 10.3. The van der Waals surface area contributed by atoms with Gasteiger partial charge >= 0.3 is 0 Å². The fourth-order valence-electron chi connectivity index (χ4n) is 1.84. The van der Waals surface area contributed by atoms with Crippen LogP contribution in [0.5, 0.6) is 0 Å². The Bertz CT molecular complexity index is 914. The number of nitrogens with one attached hydrogen (secondary N) is 2. The molecular formula is C16H11Cl2N5OS. The van der Waals surface area contributed by atoms with Gasteiger partial charge in [0.05, 0.1) is 27.4 Å². The van der Waals surface area contributed by atoms with E-state index in [0.717, 1.165) is 5.69 Å². The third-order valence-corrected chi connectivity index (χ3v) is 4.63. The Morgan fingerprint density at radius 1 is 1.20 bits per heavy atom. The van der Waals surface area contributed by atoms with Crippen molar-refractivity contribution >= 4 is 57.5 Å². The molecule has 3 aromatic rings. The van der Waals surface area contributed by atoms with Crippen LogP contribution in [0.15, 0.2) is 53.9 Å². The van der Waals surface area contributed by atoms with Crippen LogP contribution in [-0.4, -0.2) is 22.1 Å². The summed E-state index contributed by atoms with van der Waals surface area (Å²) in [6.07, 6.45) is 4.48. The van der Waals surface area contributed by atoms with E-state index in [1.165, 1.54) is 23.7 Å². The number of carbonyl (C=O) groups is 1. The van der Waals surface area contributed by atoms with Crippen LogP contribution in [0.25, 0.3) is 0 Å². The van der Waals surface area contributed by atoms with Gasteiger partial charge in [-0.05, 0) is 24.3 Å². The highest BCUT2D eigenvalue weighted by atomic mass is 35.5. The van der Waals surface area contributed by atoms with Crippen molar-refractivity contribution in [3.8, 4) is 0 Å². The van der Waals surface area contributed by atoms with E-state index in [4.69, 9.17) is 23.2 Å². The number of halogens is 2. The molecule has 2 heterocycles. The number of benzene rings is 1. The predicted octanol–water partition coefficient (Wildman–Crippen LogP) is 4.35. The Morgan fingerprint density at radius 3 is 2.80 bits per heavy atom.